The average Bonchev–Trinajstić information content (AvgIpc) is 2.16. The molecular formula is C8H13F5O3. The van der Waals surface area contributed by atoms with Crippen LogP contribution in [0.3, 0.4) is 0 Å². The first-order chi connectivity index (χ1) is 7.24. The van der Waals surface area contributed by atoms with Crippen molar-refractivity contribution in [3.63, 3.8) is 0 Å². The molecule has 0 saturated carbocycles. The molecule has 0 aromatic rings. The summed E-state index contributed by atoms with van der Waals surface area (Å²) >= 11 is 0. The van der Waals surface area contributed by atoms with Gasteiger partial charge in [0.15, 0.2) is 0 Å². The molecule has 3 nitrogen and oxygen atoms in total. The first-order valence-corrected chi connectivity index (χ1v) is 4.48. The Morgan fingerprint density at radius 1 is 1.00 bits per heavy atom. The predicted octanol–water partition coefficient (Wildman–Crippen LogP) is 1.19. The Kier molecular flexibility index (Phi) is 6.13. The van der Waals surface area contributed by atoms with Crippen LogP contribution in [0.2, 0.25) is 0 Å². The summed E-state index contributed by atoms with van der Waals surface area (Å²) in [4.78, 5) is 0. The van der Waals surface area contributed by atoms with Crippen LogP contribution < -0.4 is 0 Å². The van der Waals surface area contributed by atoms with Gasteiger partial charge in [-0.1, -0.05) is 0 Å². The molecule has 0 unspecified atom stereocenters. The first kappa shape index (κ1) is 15.5. The minimum absolute atomic E-state index is 0.263. The molecule has 0 heterocycles. The lowest BCUT2D eigenvalue weighted by Crippen LogP contribution is -2.37. The molecule has 0 amide bonds. The third-order valence-electron chi connectivity index (χ3n) is 1.85. The maximum Gasteiger partial charge on any atom is 0.453 e. The van der Waals surface area contributed by atoms with Gasteiger partial charge in [-0.05, 0) is 0 Å². The largest absolute Gasteiger partial charge is 0.453 e. The normalized spacial score (nSPS) is 13.5. The maximum absolute atomic E-state index is 12.3. The van der Waals surface area contributed by atoms with Gasteiger partial charge >= 0.3 is 12.1 Å². The van der Waals surface area contributed by atoms with Crippen molar-refractivity contribution >= 4 is 0 Å². The summed E-state index contributed by atoms with van der Waals surface area (Å²) < 4.78 is 64.1. The van der Waals surface area contributed by atoms with Crippen LogP contribution in [0.1, 0.15) is 6.42 Å². The van der Waals surface area contributed by atoms with Crippen molar-refractivity contribution in [1.82, 2.24) is 0 Å². The molecular weight excluding hydrogens is 239 g/mol. The van der Waals surface area contributed by atoms with Gasteiger partial charge in [0.05, 0.1) is 26.4 Å². The molecule has 0 fully saturated rings. The average molecular weight is 252 g/mol. The topological polar surface area (TPSA) is 49.7 Å². The minimum Gasteiger partial charge on any atom is -0.396 e. The van der Waals surface area contributed by atoms with Gasteiger partial charge in [-0.3, -0.25) is 0 Å². The second-order valence-electron chi connectivity index (χ2n) is 3.26. The zero-order valence-corrected chi connectivity index (χ0v) is 8.31. The van der Waals surface area contributed by atoms with Crippen molar-refractivity contribution in [2.75, 3.05) is 26.4 Å². The van der Waals surface area contributed by atoms with Gasteiger partial charge in [-0.2, -0.15) is 22.0 Å². The van der Waals surface area contributed by atoms with Crippen molar-refractivity contribution in [3.8, 4) is 0 Å². The van der Waals surface area contributed by atoms with E-state index in [1.54, 1.807) is 0 Å². The van der Waals surface area contributed by atoms with E-state index in [0.717, 1.165) is 0 Å². The molecule has 0 atom stereocenters. The highest BCUT2D eigenvalue weighted by Gasteiger charge is 2.56. The highest BCUT2D eigenvalue weighted by molar-refractivity contribution is 4.75. The summed E-state index contributed by atoms with van der Waals surface area (Å²) in [5, 5.41) is 17.1. The Labute approximate surface area is 88.8 Å². The first-order valence-electron chi connectivity index (χ1n) is 4.48. The number of hydrogen-bond donors (Lipinski definition) is 2. The fraction of sp³-hybridized carbons (Fsp3) is 1.00. The molecule has 16 heavy (non-hydrogen) atoms. The standard InChI is InChI=1S/C8H13F5O3/c9-7(10,8(11,12)13)1-2-16-5-6(3-14)4-15/h6,14-15H,1-5H2. The lowest BCUT2D eigenvalue weighted by molar-refractivity contribution is -0.287. The summed E-state index contributed by atoms with van der Waals surface area (Å²) in [6, 6.07) is 0. The molecule has 0 aromatic heterocycles. The van der Waals surface area contributed by atoms with E-state index in [2.05, 4.69) is 4.74 Å². The van der Waals surface area contributed by atoms with Crippen LogP contribution in [0.15, 0.2) is 0 Å². The Balaban J connectivity index is 3.82. The number of alkyl halides is 5. The van der Waals surface area contributed by atoms with Gasteiger partial charge in [-0.15, -0.1) is 0 Å². The highest BCUT2D eigenvalue weighted by Crippen LogP contribution is 2.37. The van der Waals surface area contributed by atoms with Gasteiger partial charge in [0.25, 0.3) is 0 Å². The number of aliphatic hydroxyl groups excluding tert-OH is 2. The second kappa shape index (κ2) is 6.31. The minimum atomic E-state index is -5.58. The van der Waals surface area contributed by atoms with Crippen molar-refractivity contribution in [2.24, 2.45) is 5.92 Å². The molecule has 0 saturated heterocycles. The van der Waals surface area contributed by atoms with E-state index >= 15 is 0 Å². The van der Waals surface area contributed by atoms with E-state index < -0.39 is 44.3 Å². The zero-order valence-electron chi connectivity index (χ0n) is 8.31. The van der Waals surface area contributed by atoms with Crippen molar-refractivity contribution < 1.29 is 36.9 Å². The van der Waals surface area contributed by atoms with Gasteiger partial charge in [0.1, 0.15) is 0 Å². The Morgan fingerprint density at radius 2 is 1.50 bits per heavy atom. The van der Waals surface area contributed by atoms with Gasteiger partial charge in [-0.25, -0.2) is 0 Å². The van der Waals surface area contributed by atoms with Crippen LogP contribution in [0.25, 0.3) is 0 Å². The zero-order chi connectivity index (χ0) is 12.8. The van der Waals surface area contributed by atoms with Crippen molar-refractivity contribution in [2.45, 2.75) is 18.5 Å². The van der Waals surface area contributed by atoms with E-state index in [1.165, 1.54) is 0 Å². The number of rotatable bonds is 7. The van der Waals surface area contributed by atoms with E-state index in [9.17, 15) is 22.0 Å². The molecule has 0 aliphatic rings. The van der Waals surface area contributed by atoms with Crippen LogP contribution >= 0.6 is 0 Å². The van der Waals surface area contributed by atoms with Gasteiger partial charge in [0, 0.05) is 12.3 Å². The monoisotopic (exact) mass is 252 g/mol. The van der Waals surface area contributed by atoms with Gasteiger partial charge < -0.3 is 14.9 Å². The number of hydrogen-bond acceptors (Lipinski definition) is 3. The van der Waals surface area contributed by atoms with E-state index in [-0.39, 0.29) is 6.61 Å². The smallest absolute Gasteiger partial charge is 0.396 e. The second-order valence-corrected chi connectivity index (χ2v) is 3.26. The molecule has 0 aliphatic heterocycles. The molecule has 0 aromatic carbocycles. The Morgan fingerprint density at radius 3 is 1.88 bits per heavy atom. The lowest BCUT2D eigenvalue weighted by Gasteiger charge is -2.19. The van der Waals surface area contributed by atoms with E-state index in [1.807, 2.05) is 0 Å². The van der Waals surface area contributed by atoms with E-state index in [0.29, 0.717) is 0 Å². The highest BCUT2D eigenvalue weighted by atomic mass is 19.4. The summed E-state index contributed by atoms with van der Waals surface area (Å²) in [5.74, 6) is -5.44. The summed E-state index contributed by atoms with van der Waals surface area (Å²) in [6.45, 7) is -1.90. The lowest BCUT2D eigenvalue weighted by atomic mass is 10.2. The molecule has 2 N–H and O–H groups in total. The van der Waals surface area contributed by atoms with Crippen LogP contribution in [0.4, 0.5) is 22.0 Å². The van der Waals surface area contributed by atoms with Crippen molar-refractivity contribution in [3.05, 3.63) is 0 Å². The van der Waals surface area contributed by atoms with Gasteiger partial charge in [0.2, 0.25) is 0 Å². The van der Waals surface area contributed by atoms with E-state index in [4.69, 9.17) is 10.2 Å². The Hall–Kier alpha value is -0.470. The van der Waals surface area contributed by atoms with Crippen LogP contribution in [-0.4, -0.2) is 48.7 Å². The van der Waals surface area contributed by atoms with Crippen LogP contribution in [-0.2, 0) is 4.74 Å². The summed E-state index contributed by atoms with van der Waals surface area (Å²) in [5.41, 5.74) is 0. The summed E-state index contributed by atoms with van der Waals surface area (Å²) in [6.07, 6.45) is -7.05. The van der Waals surface area contributed by atoms with Crippen molar-refractivity contribution in [1.29, 1.82) is 0 Å². The number of aliphatic hydroxyl groups is 2. The molecule has 0 aliphatic carbocycles. The maximum atomic E-state index is 12.3. The Bertz CT molecular complexity index is 191. The fourth-order valence-corrected chi connectivity index (χ4v) is 0.755. The SMILES string of the molecule is OCC(CO)COCCC(F)(F)C(F)(F)F. The number of halogens is 5. The predicted molar refractivity (Wildman–Crippen MR) is 44.1 cm³/mol. The quantitative estimate of drug-likeness (QED) is 0.528. The fourth-order valence-electron chi connectivity index (χ4n) is 0.755. The van der Waals surface area contributed by atoms with Crippen LogP contribution in [0, 0.1) is 5.92 Å². The third kappa shape index (κ3) is 5.04. The molecule has 0 spiro atoms. The molecule has 98 valence electrons. The molecule has 0 radical (unpaired) electrons. The number of ether oxygens (including phenoxy) is 1. The molecule has 8 heteroatoms. The van der Waals surface area contributed by atoms with Crippen LogP contribution in [0.5, 0.6) is 0 Å². The summed E-state index contributed by atoms with van der Waals surface area (Å²) in [7, 11) is 0. The third-order valence-corrected chi connectivity index (χ3v) is 1.85. The molecule has 0 bridgehead atoms. The molecule has 0 rings (SSSR count).